The lowest BCUT2D eigenvalue weighted by atomic mass is 9.97. The van der Waals surface area contributed by atoms with Crippen molar-refractivity contribution in [2.24, 2.45) is 0 Å². The first-order chi connectivity index (χ1) is 7.11. The predicted octanol–water partition coefficient (Wildman–Crippen LogP) is 3.16. The Hall–Kier alpha value is -0.960. The van der Waals surface area contributed by atoms with E-state index in [1.165, 1.54) is 5.56 Å². The fourth-order valence-electron chi connectivity index (χ4n) is 1.57. The second kappa shape index (κ2) is 5.81. The van der Waals surface area contributed by atoms with Gasteiger partial charge in [-0.2, -0.15) is 0 Å². The van der Waals surface area contributed by atoms with Crippen molar-refractivity contribution in [2.45, 2.75) is 32.7 Å². The van der Waals surface area contributed by atoms with Gasteiger partial charge < -0.3 is 5.32 Å². The zero-order valence-corrected chi connectivity index (χ0v) is 9.13. The summed E-state index contributed by atoms with van der Waals surface area (Å²) in [6, 6.07) is 7.94. The molecule has 0 atom stereocenters. The molecule has 0 heterocycles. The maximum Gasteiger partial charge on any atom is 0.250 e. The van der Waals surface area contributed by atoms with Crippen LogP contribution in [0.2, 0.25) is 0 Å². The van der Waals surface area contributed by atoms with Crippen LogP contribution in [0.3, 0.4) is 0 Å². The van der Waals surface area contributed by atoms with Crippen molar-refractivity contribution in [2.75, 3.05) is 6.54 Å². The van der Waals surface area contributed by atoms with Crippen LogP contribution in [0.4, 0.5) is 8.78 Å². The van der Waals surface area contributed by atoms with Gasteiger partial charge in [0.1, 0.15) is 0 Å². The summed E-state index contributed by atoms with van der Waals surface area (Å²) in [5.41, 5.74) is 2.33. The Bertz CT molecular complexity index is 297. The summed E-state index contributed by atoms with van der Waals surface area (Å²) in [5.74, 6) is 0.426. The van der Waals surface area contributed by atoms with Gasteiger partial charge in [0.2, 0.25) is 0 Å². The van der Waals surface area contributed by atoms with E-state index < -0.39 is 6.43 Å². The van der Waals surface area contributed by atoms with E-state index in [-0.39, 0.29) is 6.54 Å². The Balaban J connectivity index is 2.59. The molecule has 0 unspecified atom stereocenters. The summed E-state index contributed by atoms with van der Waals surface area (Å²) in [6.45, 7) is 4.48. The molecule has 0 bridgehead atoms. The van der Waals surface area contributed by atoms with E-state index in [4.69, 9.17) is 0 Å². The van der Waals surface area contributed by atoms with E-state index in [1.54, 1.807) is 0 Å². The van der Waals surface area contributed by atoms with Crippen LogP contribution >= 0.6 is 0 Å². The molecule has 0 saturated heterocycles. The van der Waals surface area contributed by atoms with Gasteiger partial charge in [-0.1, -0.05) is 38.1 Å². The van der Waals surface area contributed by atoms with Crippen LogP contribution in [0.15, 0.2) is 24.3 Å². The lowest BCUT2D eigenvalue weighted by Crippen LogP contribution is -2.21. The molecular formula is C12H17F2N. The van der Waals surface area contributed by atoms with Crippen LogP contribution in [0.1, 0.15) is 30.9 Å². The summed E-state index contributed by atoms with van der Waals surface area (Å²) in [6.07, 6.45) is -2.28. The van der Waals surface area contributed by atoms with E-state index in [2.05, 4.69) is 19.2 Å². The van der Waals surface area contributed by atoms with Crippen LogP contribution in [0, 0.1) is 0 Å². The molecule has 15 heavy (non-hydrogen) atoms. The molecule has 84 valence electrons. The molecule has 0 fully saturated rings. The molecule has 0 aromatic heterocycles. The minimum atomic E-state index is -2.28. The van der Waals surface area contributed by atoms with Gasteiger partial charge in [-0.25, -0.2) is 8.78 Å². The molecule has 0 aliphatic rings. The molecule has 0 saturated carbocycles. The fraction of sp³-hybridized carbons (Fsp3) is 0.500. The average molecular weight is 213 g/mol. The topological polar surface area (TPSA) is 12.0 Å². The van der Waals surface area contributed by atoms with Gasteiger partial charge in [-0.05, 0) is 17.0 Å². The number of halogens is 2. The Labute approximate surface area is 89.5 Å². The van der Waals surface area contributed by atoms with E-state index >= 15 is 0 Å². The minimum absolute atomic E-state index is 0.244. The van der Waals surface area contributed by atoms with Gasteiger partial charge >= 0.3 is 0 Å². The Morgan fingerprint density at radius 2 is 1.87 bits per heavy atom. The van der Waals surface area contributed by atoms with E-state index in [0.29, 0.717) is 12.5 Å². The van der Waals surface area contributed by atoms with Crippen molar-refractivity contribution in [3.05, 3.63) is 35.4 Å². The van der Waals surface area contributed by atoms with E-state index in [0.717, 1.165) is 5.56 Å². The highest BCUT2D eigenvalue weighted by atomic mass is 19.3. The monoisotopic (exact) mass is 213 g/mol. The normalized spacial score (nSPS) is 11.3. The molecule has 0 amide bonds. The van der Waals surface area contributed by atoms with E-state index in [9.17, 15) is 8.78 Å². The van der Waals surface area contributed by atoms with Crippen LogP contribution < -0.4 is 5.32 Å². The maximum atomic E-state index is 11.9. The maximum absolute atomic E-state index is 11.9. The first-order valence-corrected chi connectivity index (χ1v) is 5.18. The minimum Gasteiger partial charge on any atom is -0.307 e. The molecule has 1 aromatic rings. The fourth-order valence-corrected chi connectivity index (χ4v) is 1.57. The Morgan fingerprint density at radius 3 is 2.47 bits per heavy atom. The standard InChI is InChI=1S/C12H17F2N/c1-9(2)11-6-4-3-5-10(11)7-15-8-12(13)14/h3-6,9,12,15H,7-8H2,1-2H3. The third kappa shape index (κ3) is 3.96. The second-order valence-electron chi connectivity index (χ2n) is 3.88. The third-order valence-electron chi connectivity index (χ3n) is 2.29. The molecule has 1 N–H and O–H groups in total. The molecular weight excluding hydrogens is 196 g/mol. The van der Waals surface area contributed by atoms with Gasteiger partial charge in [-0.3, -0.25) is 0 Å². The largest absolute Gasteiger partial charge is 0.307 e. The highest BCUT2D eigenvalue weighted by Gasteiger charge is 2.06. The molecule has 0 aliphatic carbocycles. The predicted molar refractivity (Wildman–Crippen MR) is 58.2 cm³/mol. The molecule has 1 nitrogen and oxygen atoms in total. The van der Waals surface area contributed by atoms with Gasteiger partial charge in [-0.15, -0.1) is 0 Å². The quantitative estimate of drug-likeness (QED) is 0.792. The Kier molecular flexibility index (Phi) is 4.69. The van der Waals surface area contributed by atoms with Gasteiger partial charge in [0, 0.05) is 6.54 Å². The van der Waals surface area contributed by atoms with Crippen LogP contribution in [-0.2, 0) is 6.54 Å². The molecule has 3 heteroatoms. The van der Waals surface area contributed by atoms with Crippen molar-refractivity contribution >= 4 is 0 Å². The zero-order valence-electron chi connectivity index (χ0n) is 9.13. The molecule has 0 spiro atoms. The first-order valence-electron chi connectivity index (χ1n) is 5.18. The van der Waals surface area contributed by atoms with Crippen LogP contribution in [0.5, 0.6) is 0 Å². The lowest BCUT2D eigenvalue weighted by Gasteiger charge is -2.12. The van der Waals surface area contributed by atoms with Crippen LogP contribution in [-0.4, -0.2) is 13.0 Å². The SMILES string of the molecule is CC(C)c1ccccc1CNCC(F)F. The number of rotatable bonds is 5. The van der Waals surface area contributed by atoms with Crippen molar-refractivity contribution < 1.29 is 8.78 Å². The molecule has 0 aliphatic heterocycles. The van der Waals surface area contributed by atoms with Gasteiger partial charge in [0.15, 0.2) is 0 Å². The molecule has 1 aromatic carbocycles. The highest BCUT2D eigenvalue weighted by Crippen LogP contribution is 2.18. The van der Waals surface area contributed by atoms with Crippen molar-refractivity contribution in [3.63, 3.8) is 0 Å². The second-order valence-corrected chi connectivity index (χ2v) is 3.88. The van der Waals surface area contributed by atoms with E-state index in [1.807, 2.05) is 24.3 Å². The third-order valence-corrected chi connectivity index (χ3v) is 2.29. The van der Waals surface area contributed by atoms with Gasteiger partial charge in [0.25, 0.3) is 6.43 Å². The molecule has 0 radical (unpaired) electrons. The number of hydrogen-bond acceptors (Lipinski definition) is 1. The molecule has 1 rings (SSSR count). The summed E-state index contributed by atoms with van der Waals surface area (Å²) in [5, 5.41) is 2.75. The van der Waals surface area contributed by atoms with Crippen LogP contribution in [0.25, 0.3) is 0 Å². The Morgan fingerprint density at radius 1 is 1.20 bits per heavy atom. The smallest absolute Gasteiger partial charge is 0.250 e. The summed E-state index contributed by atoms with van der Waals surface area (Å²) in [7, 11) is 0. The lowest BCUT2D eigenvalue weighted by molar-refractivity contribution is 0.145. The van der Waals surface area contributed by atoms with Gasteiger partial charge in [0.05, 0.1) is 6.54 Å². The number of benzene rings is 1. The van der Waals surface area contributed by atoms with Crippen molar-refractivity contribution in [1.82, 2.24) is 5.32 Å². The average Bonchev–Trinajstić information content (AvgIpc) is 2.17. The van der Waals surface area contributed by atoms with Crippen molar-refractivity contribution in [3.8, 4) is 0 Å². The number of hydrogen-bond donors (Lipinski definition) is 1. The zero-order chi connectivity index (χ0) is 11.3. The summed E-state index contributed by atoms with van der Waals surface area (Å²) >= 11 is 0. The van der Waals surface area contributed by atoms with Crippen molar-refractivity contribution in [1.29, 1.82) is 0 Å². The summed E-state index contributed by atoms with van der Waals surface area (Å²) in [4.78, 5) is 0. The number of alkyl halides is 2. The first kappa shape index (κ1) is 12.1. The summed E-state index contributed by atoms with van der Waals surface area (Å²) < 4.78 is 23.9. The highest BCUT2D eigenvalue weighted by molar-refractivity contribution is 5.29. The number of nitrogens with one attached hydrogen (secondary N) is 1.